The smallest absolute Gasteiger partial charge is 0.331 e. The average molecular weight is 311 g/mol. The van der Waals surface area contributed by atoms with Crippen molar-refractivity contribution >= 4 is 23.6 Å². The van der Waals surface area contributed by atoms with Gasteiger partial charge in [-0.2, -0.15) is 0 Å². The van der Waals surface area contributed by atoms with E-state index in [2.05, 4.69) is 19.2 Å². The minimum atomic E-state index is -1.14. The quantitative estimate of drug-likeness (QED) is 0.902. The summed E-state index contributed by atoms with van der Waals surface area (Å²) >= 11 is 6.02. The van der Waals surface area contributed by atoms with Crippen LogP contribution in [0.1, 0.15) is 25.5 Å². The van der Waals surface area contributed by atoms with Crippen LogP contribution in [0, 0.1) is 11.8 Å². The maximum atomic E-state index is 12.2. The lowest BCUT2D eigenvalue weighted by molar-refractivity contribution is -0.139. The van der Waals surface area contributed by atoms with Crippen molar-refractivity contribution < 1.29 is 14.7 Å². The summed E-state index contributed by atoms with van der Waals surface area (Å²) in [6.45, 7) is 5.45. The van der Waals surface area contributed by atoms with Crippen LogP contribution in [0.25, 0.3) is 0 Å². The Hall–Kier alpha value is -1.75. The van der Waals surface area contributed by atoms with Gasteiger partial charge in [0, 0.05) is 23.7 Å². The fourth-order valence-electron chi connectivity index (χ4n) is 2.49. The second-order valence-corrected chi connectivity index (χ2v) is 6.01. The Morgan fingerprint density at radius 3 is 2.38 bits per heavy atom. The van der Waals surface area contributed by atoms with Crippen molar-refractivity contribution in [1.29, 1.82) is 0 Å². The maximum Gasteiger partial charge on any atom is 0.331 e. The fraction of sp³-hybridized carbons (Fsp3) is 0.467. The lowest BCUT2D eigenvalue weighted by Gasteiger charge is -2.21. The van der Waals surface area contributed by atoms with Gasteiger partial charge in [-0.25, -0.2) is 9.59 Å². The van der Waals surface area contributed by atoms with Crippen LogP contribution in [0.4, 0.5) is 4.79 Å². The third-order valence-electron chi connectivity index (χ3n) is 4.01. The van der Waals surface area contributed by atoms with Crippen LogP contribution >= 0.6 is 11.6 Å². The maximum absolute atomic E-state index is 12.2. The Kier molecular flexibility index (Phi) is 4.73. The van der Waals surface area contributed by atoms with E-state index in [9.17, 15) is 14.7 Å². The summed E-state index contributed by atoms with van der Waals surface area (Å²) in [6, 6.07) is 5.13. The van der Waals surface area contributed by atoms with Crippen LogP contribution in [0.3, 0.4) is 0 Å². The van der Waals surface area contributed by atoms with Gasteiger partial charge in [0.15, 0.2) is 6.04 Å². The lowest BCUT2D eigenvalue weighted by atomic mass is 10.0. The Morgan fingerprint density at radius 1 is 1.29 bits per heavy atom. The van der Waals surface area contributed by atoms with Crippen molar-refractivity contribution in [2.24, 2.45) is 11.8 Å². The predicted octanol–water partition coefficient (Wildman–Crippen LogP) is 2.76. The van der Waals surface area contributed by atoms with E-state index in [0.717, 1.165) is 0 Å². The molecule has 5 nitrogen and oxygen atoms in total. The highest BCUT2D eigenvalue weighted by Gasteiger charge is 2.32. The number of nitrogens with zero attached hydrogens (tertiary/aromatic N) is 1. The molecule has 2 amide bonds. The van der Waals surface area contributed by atoms with Crippen molar-refractivity contribution in [2.45, 2.75) is 19.9 Å². The van der Waals surface area contributed by atoms with Crippen molar-refractivity contribution in [1.82, 2.24) is 10.2 Å². The van der Waals surface area contributed by atoms with Crippen LogP contribution < -0.4 is 5.32 Å². The molecule has 114 valence electrons. The monoisotopic (exact) mass is 310 g/mol. The number of carboxylic acids is 1. The third kappa shape index (κ3) is 3.47. The molecule has 1 aromatic carbocycles. The molecular formula is C15H19ClN2O3. The van der Waals surface area contributed by atoms with Crippen molar-refractivity contribution in [3.8, 4) is 0 Å². The van der Waals surface area contributed by atoms with Gasteiger partial charge in [0.2, 0.25) is 0 Å². The van der Waals surface area contributed by atoms with Crippen LogP contribution in [0.2, 0.25) is 5.02 Å². The van der Waals surface area contributed by atoms with Gasteiger partial charge in [0.1, 0.15) is 0 Å². The number of halogens is 1. The highest BCUT2D eigenvalue weighted by atomic mass is 35.5. The molecule has 1 saturated heterocycles. The molecular weight excluding hydrogens is 292 g/mol. The number of likely N-dealkylation sites (tertiary alicyclic amines) is 1. The van der Waals surface area contributed by atoms with Gasteiger partial charge in [-0.1, -0.05) is 43.6 Å². The summed E-state index contributed by atoms with van der Waals surface area (Å²) in [7, 11) is 0. The highest BCUT2D eigenvalue weighted by Crippen LogP contribution is 2.25. The fourth-order valence-corrected chi connectivity index (χ4v) is 2.74. The van der Waals surface area contributed by atoms with Crippen LogP contribution in [-0.4, -0.2) is 35.1 Å². The summed E-state index contributed by atoms with van der Waals surface area (Å²) in [5.41, 5.74) is 0.389. The Bertz CT molecular complexity index is 539. The number of carboxylic acid groups (broad SMARTS) is 1. The minimum Gasteiger partial charge on any atom is -0.479 e. The molecule has 3 atom stereocenters. The van der Waals surface area contributed by atoms with E-state index in [4.69, 9.17) is 11.6 Å². The van der Waals surface area contributed by atoms with Crippen molar-refractivity contribution in [2.75, 3.05) is 13.1 Å². The highest BCUT2D eigenvalue weighted by molar-refractivity contribution is 6.31. The third-order valence-corrected chi connectivity index (χ3v) is 4.35. The van der Waals surface area contributed by atoms with E-state index in [-0.39, 0.29) is 6.03 Å². The number of aliphatic carboxylic acids is 1. The topological polar surface area (TPSA) is 69.6 Å². The molecule has 2 N–H and O–H groups in total. The molecule has 0 spiro atoms. The molecule has 2 unspecified atom stereocenters. The molecule has 0 bridgehead atoms. The second kappa shape index (κ2) is 6.35. The standard InChI is InChI=1S/C15H19ClN2O3/c1-9-7-18(8-10(9)2)15(21)17-13(14(19)20)11-5-3-4-6-12(11)16/h3-6,9-10,13H,7-8H2,1-2H3,(H,17,21)(H,19,20)/t9?,10?,13-/m1/s1. The number of hydrogen-bond donors (Lipinski definition) is 2. The molecule has 1 aliphatic heterocycles. The Balaban J connectivity index is 2.13. The molecule has 0 aromatic heterocycles. The Labute approximate surface area is 128 Å². The zero-order chi connectivity index (χ0) is 15.6. The number of amides is 2. The number of hydrogen-bond acceptors (Lipinski definition) is 2. The van der Waals surface area contributed by atoms with E-state index >= 15 is 0 Å². The molecule has 1 aromatic rings. The number of carbonyl (C=O) groups is 2. The molecule has 0 saturated carbocycles. The van der Waals surface area contributed by atoms with Gasteiger partial charge < -0.3 is 15.3 Å². The van der Waals surface area contributed by atoms with E-state index in [1.54, 1.807) is 29.2 Å². The van der Waals surface area contributed by atoms with Gasteiger partial charge in [0.05, 0.1) is 0 Å². The number of nitrogens with one attached hydrogen (secondary N) is 1. The molecule has 2 rings (SSSR count). The predicted molar refractivity (Wildman–Crippen MR) is 80.3 cm³/mol. The van der Waals surface area contributed by atoms with Gasteiger partial charge in [0.25, 0.3) is 0 Å². The van der Waals surface area contributed by atoms with Crippen molar-refractivity contribution in [3.63, 3.8) is 0 Å². The lowest BCUT2D eigenvalue weighted by Crippen LogP contribution is -2.43. The minimum absolute atomic E-state index is 0.327. The first-order valence-electron chi connectivity index (χ1n) is 6.92. The normalized spacial score (nSPS) is 22.9. The van der Waals surface area contributed by atoms with Crippen molar-refractivity contribution in [3.05, 3.63) is 34.9 Å². The number of carbonyl (C=O) groups excluding carboxylic acids is 1. The largest absolute Gasteiger partial charge is 0.479 e. The summed E-state index contributed by atoms with van der Waals surface area (Å²) in [5.74, 6) is -0.296. The molecule has 1 fully saturated rings. The van der Waals surface area contributed by atoms with Gasteiger partial charge in [-0.15, -0.1) is 0 Å². The van der Waals surface area contributed by atoms with E-state index < -0.39 is 12.0 Å². The molecule has 6 heteroatoms. The van der Waals surface area contributed by atoms with E-state index in [1.807, 2.05) is 0 Å². The summed E-state index contributed by atoms with van der Waals surface area (Å²) in [5, 5.41) is 12.2. The molecule has 21 heavy (non-hydrogen) atoms. The molecule has 1 heterocycles. The van der Waals surface area contributed by atoms with Gasteiger partial charge in [-0.05, 0) is 17.9 Å². The SMILES string of the molecule is CC1CN(C(=O)N[C@@H](C(=O)O)c2ccccc2Cl)CC1C. The molecule has 0 aliphatic carbocycles. The number of rotatable bonds is 3. The molecule has 0 radical (unpaired) electrons. The van der Waals surface area contributed by atoms with Gasteiger partial charge >= 0.3 is 12.0 Å². The summed E-state index contributed by atoms with van der Waals surface area (Å²) < 4.78 is 0. The van der Waals surface area contributed by atoms with E-state index in [0.29, 0.717) is 35.5 Å². The zero-order valence-electron chi connectivity index (χ0n) is 12.0. The van der Waals surface area contributed by atoms with Crippen LogP contribution in [0.15, 0.2) is 24.3 Å². The van der Waals surface area contributed by atoms with Crippen LogP contribution in [0.5, 0.6) is 0 Å². The molecule has 1 aliphatic rings. The first kappa shape index (κ1) is 15.6. The van der Waals surface area contributed by atoms with Crippen LogP contribution in [-0.2, 0) is 4.79 Å². The number of urea groups is 1. The number of benzene rings is 1. The summed E-state index contributed by atoms with van der Waals surface area (Å²) in [4.78, 5) is 25.3. The first-order valence-corrected chi connectivity index (χ1v) is 7.30. The first-order chi connectivity index (χ1) is 9.90. The Morgan fingerprint density at radius 2 is 1.86 bits per heavy atom. The van der Waals surface area contributed by atoms with E-state index in [1.165, 1.54) is 0 Å². The van der Waals surface area contributed by atoms with Gasteiger partial charge in [-0.3, -0.25) is 0 Å². The zero-order valence-corrected chi connectivity index (χ0v) is 12.8. The average Bonchev–Trinajstić information content (AvgIpc) is 2.76. The second-order valence-electron chi connectivity index (χ2n) is 5.60. The summed E-state index contributed by atoms with van der Waals surface area (Å²) in [6.07, 6.45) is 0.